The minimum Gasteiger partial charge on any atom is -0.388 e. The lowest BCUT2D eigenvalue weighted by Gasteiger charge is -2.26. The first-order chi connectivity index (χ1) is 10.1. The van der Waals surface area contributed by atoms with Gasteiger partial charge in [-0.05, 0) is 19.8 Å². The van der Waals surface area contributed by atoms with Gasteiger partial charge in [0.1, 0.15) is 0 Å². The quantitative estimate of drug-likeness (QED) is 0.731. The number of thiazole rings is 1. The van der Waals surface area contributed by atoms with Crippen molar-refractivity contribution in [3.63, 3.8) is 0 Å². The van der Waals surface area contributed by atoms with Crippen LogP contribution in [-0.2, 0) is 6.42 Å². The number of rotatable bonds is 5. The minimum atomic E-state index is -0.722. The van der Waals surface area contributed by atoms with Crippen LogP contribution in [0.1, 0.15) is 48.4 Å². The van der Waals surface area contributed by atoms with Crippen molar-refractivity contribution in [2.24, 2.45) is 0 Å². The highest BCUT2D eigenvalue weighted by Crippen LogP contribution is 2.26. The molecule has 0 spiro atoms. The van der Waals surface area contributed by atoms with Crippen LogP contribution < -0.4 is 10.6 Å². The van der Waals surface area contributed by atoms with Crippen molar-refractivity contribution in [3.05, 3.63) is 16.1 Å². The number of carbonyl (C=O) groups excluding carboxylic acids is 1. The molecule has 0 atom stereocenters. The van der Waals surface area contributed by atoms with E-state index in [0.29, 0.717) is 13.1 Å². The number of aliphatic hydroxyl groups is 1. The largest absolute Gasteiger partial charge is 0.388 e. The zero-order chi connectivity index (χ0) is 15.1. The van der Waals surface area contributed by atoms with E-state index in [2.05, 4.69) is 15.6 Å². The smallest absolute Gasteiger partial charge is 0.314 e. The molecule has 118 valence electrons. The Morgan fingerprint density at radius 1 is 1.33 bits per heavy atom. The molecule has 0 unspecified atom stereocenters. The van der Waals surface area contributed by atoms with Gasteiger partial charge in [0.25, 0.3) is 0 Å². The lowest BCUT2D eigenvalue weighted by Crippen LogP contribution is -2.46. The molecule has 5 nitrogen and oxygen atoms in total. The maximum atomic E-state index is 11.8. The van der Waals surface area contributed by atoms with Crippen molar-refractivity contribution in [3.8, 4) is 0 Å². The fourth-order valence-electron chi connectivity index (χ4n) is 2.67. The summed E-state index contributed by atoms with van der Waals surface area (Å²) in [6.45, 7) is 2.93. The van der Waals surface area contributed by atoms with E-state index in [4.69, 9.17) is 0 Å². The molecule has 1 aromatic heterocycles. The fraction of sp³-hybridized carbons (Fsp3) is 0.733. The van der Waals surface area contributed by atoms with Crippen molar-refractivity contribution in [2.75, 3.05) is 13.1 Å². The zero-order valence-corrected chi connectivity index (χ0v) is 13.5. The van der Waals surface area contributed by atoms with Crippen molar-refractivity contribution >= 4 is 17.4 Å². The van der Waals surface area contributed by atoms with Crippen LogP contribution in [0.25, 0.3) is 0 Å². The fourth-order valence-corrected chi connectivity index (χ4v) is 3.46. The molecular formula is C15H25N3O2S. The normalized spacial score (nSPS) is 18.0. The molecular weight excluding hydrogens is 286 g/mol. The van der Waals surface area contributed by atoms with E-state index in [9.17, 15) is 9.90 Å². The van der Waals surface area contributed by atoms with Gasteiger partial charge in [-0.25, -0.2) is 9.78 Å². The molecule has 1 aliphatic carbocycles. The first-order valence-electron chi connectivity index (χ1n) is 7.73. The Bertz CT molecular complexity index is 454. The van der Waals surface area contributed by atoms with Crippen molar-refractivity contribution in [1.82, 2.24) is 15.6 Å². The molecule has 1 aromatic rings. The highest BCUT2D eigenvalue weighted by Gasteiger charge is 2.28. The number of hydrogen-bond donors (Lipinski definition) is 3. The Labute approximate surface area is 130 Å². The molecule has 0 radical (unpaired) electrons. The van der Waals surface area contributed by atoms with Crippen LogP contribution in [0.15, 0.2) is 6.20 Å². The molecule has 2 rings (SSSR count). The van der Waals surface area contributed by atoms with Crippen molar-refractivity contribution in [1.29, 1.82) is 0 Å². The van der Waals surface area contributed by atoms with Crippen LogP contribution >= 0.6 is 11.3 Å². The molecule has 0 bridgehead atoms. The van der Waals surface area contributed by atoms with Crippen LogP contribution in [0.2, 0.25) is 0 Å². The molecule has 1 aliphatic rings. The molecule has 2 amide bonds. The predicted octanol–water partition coefficient (Wildman–Crippen LogP) is 2.38. The van der Waals surface area contributed by atoms with Crippen LogP contribution in [-0.4, -0.2) is 34.8 Å². The Morgan fingerprint density at radius 2 is 2.05 bits per heavy atom. The Kier molecular flexibility index (Phi) is 5.99. The van der Waals surface area contributed by atoms with Crippen LogP contribution in [0.4, 0.5) is 4.79 Å². The number of aromatic nitrogens is 1. The Morgan fingerprint density at radius 3 is 2.67 bits per heavy atom. The number of nitrogens with one attached hydrogen (secondary N) is 2. The average molecular weight is 311 g/mol. The summed E-state index contributed by atoms with van der Waals surface area (Å²) in [6, 6.07) is -0.207. The monoisotopic (exact) mass is 311 g/mol. The summed E-state index contributed by atoms with van der Waals surface area (Å²) in [5.74, 6) is 0. The van der Waals surface area contributed by atoms with E-state index in [1.54, 1.807) is 11.3 Å². The number of hydrogen-bond acceptors (Lipinski definition) is 4. The second-order valence-electron chi connectivity index (χ2n) is 5.86. The van der Waals surface area contributed by atoms with Gasteiger partial charge in [-0.2, -0.15) is 0 Å². The highest BCUT2D eigenvalue weighted by molar-refractivity contribution is 7.11. The summed E-state index contributed by atoms with van der Waals surface area (Å²) >= 11 is 1.65. The van der Waals surface area contributed by atoms with Gasteiger partial charge in [0.15, 0.2) is 0 Å². The second kappa shape index (κ2) is 7.75. The molecule has 1 fully saturated rings. The summed E-state index contributed by atoms with van der Waals surface area (Å²) in [6.07, 6.45) is 8.62. The zero-order valence-electron chi connectivity index (χ0n) is 12.7. The topological polar surface area (TPSA) is 74.2 Å². The third-order valence-electron chi connectivity index (χ3n) is 3.91. The van der Waals surface area contributed by atoms with E-state index in [1.165, 1.54) is 17.7 Å². The summed E-state index contributed by atoms with van der Waals surface area (Å²) in [5.41, 5.74) is -0.722. The van der Waals surface area contributed by atoms with Crippen molar-refractivity contribution < 1.29 is 9.90 Å². The van der Waals surface area contributed by atoms with Gasteiger partial charge in [0.2, 0.25) is 0 Å². The summed E-state index contributed by atoms with van der Waals surface area (Å²) in [4.78, 5) is 17.2. The van der Waals surface area contributed by atoms with Gasteiger partial charge < -0.3 is 15.7 Å². The lowest BCUT2D eigenvalue weighted by atomic mass is 9.95. The van der Waals surface area contributed by atoms with Crippen LogP contribution in [0, 0.1) is 6.92 Å². The molecule has 3 N–H and O–H groups in total. The average Bonchev–Trinajstić information content (AvgIpc) is 2.74. The van der Waals surface area contributed by atoms with E-state index >= 15 is 0 Å². The molecule has 0 aliphatic heterocycles. The number of nitrogens with zero attached hydrogens (tertiary/aromatic N) is 1. The number of urea groups is 1. The standard InChI is InChI=1S/C15H25N3O2S/c1-12-10-17-13(21-12)6-9-16-14(19)18-11-15(20)7-4-2-3-5-8-15/h10,20H,2-9,11H2,1H3,(H2,16,18,19). The van der Waals surface area contributed by atoms with E-state index in [0.717, 1.165) is 37.1 Å². The van der Waals surface area contributed by atoms with Gasteiger partial charge >= 0.3 is 6.03 Å². The SMILES string of the molecule is Cc1cnc(CCNC(=O)NCC2(O)CCCCCC2)s1. The molecule has 6 heteroatoms. The lowest BCUT2D eigenvalue weighted by molar-refractivity contribution is 0.0277. The van der Waals surface area contributed by atoms with Gasteiger partial charge in [0, 0.05) is 30.6 Å². The molecule has 1 heterocycles. The van der Waals surface area contributed by atoms with E-state index < -0.39 is 5.60 Å². The summed E-state index contributed by atoms with van der Waals surface area (Å²) in [7, 11) is 0. The van der Waals surface area contributed by atoms with Gasteiger partial charge in [-0.1, -0.05) is 25.7 Å². The van der Waals surface area contributed by atoms with Gasteiger partial charge in [0.05, 0.1) is 10.6 Å². The predicted molar refractivity (Wildman–Crippen MR) is 84.6 cm³/mol. The van der Waals surface area contributed by atoms with Gasteiger partial charge in [-0.3, -0.25) is 0 Å². The summed E-state index contributed by atoms with van der Waals surface area (Å²) in [5, 5.41) is 17.1. The third kappa shape index (κ3) is 5.63. The molecule has 0 aromatic carbocycles. The van der Waals surface area contributed by atoms with E-state index in [1.807, 2.05) is 13.1 Å². The Balaban J connectivity index is 1.64. The van der Waals surface area contributed by atoms with Gasteiger partial charge in [-0.15, -0.1) is 11.3 Å². The first-order valence-corrected chi connectivity index (χ1v) is 8.54. The second-order valence-corrected chi connectivity index (χ2v) is 7.18. The molecule has 1 saturated carbocycles. The Hall–Kier alpha value is -1.14. The van der Waals surface area contributed by atoms with Crippen LogP contribution in [0.3, 0.4) is 0 Å². The molecule has 21 heavy (non-hydrogen) atoms. The minimum absolute atomic E-state index is 0.207. The van der Waals surface area contributed by atoms with E-state index in [-0.39, 0.29) is 6.03 Å². The number of carbonyl (C=O) groups is 1. The molecule has 0 saturated heterocycles. The summed E-state index contributed by atoms with van der Waals surface area (Å²) < 4.78 is 0. The van der Waals surface area contributed by atoms with Crippen molar-refractivity contribution in [2.45, 2.75) is 57.5 Å². The maximum Gasteiger partial charge on any atom is 0.314 e. The highest BCUT2D eigenvalue weighted by atomic mass is 32.1. The third-order valence-corrected chi connectivity index (χ3v) is 4.88. The number of aryl methyl sites for hydroxylation is 1. The first kappa shape index (κ1) is 16.2. The maximum absolute atomic E-state index is 11.8. The number of amides is 2. The van der Waals surface area contributed by atoms with Crippen LogP contribution in [0.5, 0.6) is 0 Å².